The second kappa shape index (κ2) is 4.89. The zero-order chi connectivity index (χ0) is 14.1. The van der Waals surface area contributed by atoms with Crippen molar-refractivity contribution in [2.24, 2.45) is 0 Å². The Balaban J connectivity index is 2.12. The summed E-state index contributed by atoms with van der Waals surface area (Å²) in [5, 5.41) is 0.477. The highest BCUT2D eigenvalue weighted by Crippen LogP contribution is 2.20. The Kier molecular flexibility index (Phi) is 3.06. The van der Waals surface area contributed by atoms with Gasteiger partial charge >= 0.3 is 0 Å². The van der Waals surface area contributed by atoms with E-state index < -0.39 is 0 Å². The Hall–Kier alpha value is -2.49. The number of aromatic nitrogens is 2. The van der Waals surface area contributed by atoms with Crippen LogP contribution in [-0.4, -0.2) is 9.55 Å². The Labute approximate surface area is 115 Å². The summed E-state index contributed by atoms with van der Waals surface area (Å²) in [5.74, 6) is -0.298. The van der Waals surface area contributed by atoms with Gasteiger partial charge in [0.15, 0.2) is 0 Å². The molecule has 0 saturated carbocycles. The Bertz CT molecular complexity index is 839. The Morgan fingerprint density at radius 2 is 2.10 bits per heavy atom. The lowest BCUT2D eigenvalue weighted by atomic mass is 10.1. The number of hydrogen-bond donors (Lipinski definition) is 0. The standard InChI is InChI=1S/C16H13FN2O/c1-11-6-8-19(15(20)9-11)10-12-4-5-14(17)13-3-2-7-18-16(12)13/h2-9H,10H2,1H3. The number of halogens is 1. The van der Waals surface area contributed by atoms with Crippen LogP contribution in [0.4, 0.5) is 4.39 Å². The lowest BCUT2D eigenvalue weighted by molar-refractivity contribution is 0.638. The molecule has 2 aromatic heterocycles. The molecule has 0 aliphatic rings. The molecule has 0 N–H and O–H groups in total. The molecule has 20 heavy (non-hydrogen) atoms. The fourth-order valence-corrected chi connectivity index (χ4v) is 2.24. The molecule has 3 nitrogen and oxygen atoms in total. The second-order valence-electron chi connectivity index (χ2n) is 4.78. The third-order valence-electron chi connectivity index (χ3n) is 3.29. The summed E-state index contributed by atoms with van der Waals surface area (Å²) < 4.78 is 15.3. The number of rotatable bonds is 2. The molecule has 0 unspecified atom stereocenters. The predicted octanol–water partition coefficient (Wildman–Crippen LogP) is 2.89. The maximum atomic E-state index is 13.7. The summed E-state index contributed by atoms with van der Waals surface area (Å²) in [6, 6.07) is 9.95. The van der Waals surface area contributed by atoms with Crippen LogP contribution in [0, 0.1) is 12.7 Å². The average Bonchev–Trinajstić information content (AvgIpc) is 2.45. The normalized spacial score (nSPS) is 10.9. The van der Waals surface area contributed by atoms with Gasteiger partial charge in [0.25, 0.3) is 5.56 Å². The average molecular weight is 268 g/mol. The molecule has 100 valence electrons. The number of benzene rings is 1. The van der Waals surface area contributed by atoms with Gasteiger partial charge in [-0.15, -0.1) is 0 Å². The van der Waals surface area contributed by atoms with Crippen LogP contribution in [0.1, 0.15) is 11.1 Å². The summed E-state index contributed by atoms with van der Waals surface area (Å²) >= 11 is 0. The summed E-state index contributed by atoms with van der Waals surface area (Å²) in [5.41, 5.74) is 2.28. The summed E-state index contributed by atoms with van der Waals surface area (Å²) in [7, 11) is 0. The van der Waals surface area contributed by atoms with Crippen molar-refractivity contribution >= 4 is 10.9 Å². The summed E-state index contributed by atoms with van der Waals surface area (Å²) in [6.07, 6.45) is 3.37. The maximum absolute atomic E-state index is 13.7. The van der Waals surface area contributed by atoms with E-state index in [2.05, 4.69) is 4.98 Å². The van der Waals surface area contributed by atoms with Gasteiger partial charge in [0, 0.05) is 23.8 Å². The minimum atomic E-state index is -0.298. The molecule has 1 aromatic carbocycles. The van der Waals surface area contributed by atoms with Gasteiger partial charge in [0.1, 0.15) is 5.82 Å². The van der Waals surface area contributed by atoms with Crippen LogP contribution in [-0.2, 0) is 6.54 Å². The zero-order valence-corrected chi connectivity index (χ0v) is 11.0. The van der Waals surface area contributed by atoms with Crippen molar-refractivity contribution in [1.29, 1.82) is 0 Å². The van der Waals surface area contributed by atoms with Crippen molar-refractivity contribution in [3.05, 3.63) is 76.1 Å². The Morgan fingerprint density at radius 3 is 2.90 bits per heavy atom. The van der Waals surface area contributed by atoms with Gasteiger partial charge in [-0.2, -0.15) is 0 Å². The number of fused-ring (bicyclic) bond motifs is 1. The molecule has 0 bridgehead atoms. The van der Waals surface area contributed by atoms with Gasteiger partial charge in [-0.3, -0.25) is 9.78 Å². The molecule has 4 heteroatoms. The van der Waals surface area contributed by atoms with Gasteiger partial charge in [-0.25, -0.2) is 4.39 Å². The highest BCUT2D eigenvalue weighted by Gasteiger charge is 2.07. The first kappa shape index (κ1) is 12.5. The summed E-state index contributed by atoms with van der Waals surface area (Å²) in [4.78, 5) is 16.1. The van der Waals surface area contributed by atoms with E-state index in [1.165, 1.54) is 6.07 Å². The molecule has 0 aliphatic carbocycles. The summed E-state index contributed by atoms with van der Waals surface area (Å²) in [6.45, 7) is 2.26. The first-order chi connectivity index (χ1) is 9.65. The van der Waals surface area contributed by atoms with Crippen LogP contribution in [0.5, 0.6) is 0 Å². The quantitative estimate of drug-likeness (QED) is 0.716. The molecule has 3 aromatic rings. The monoisotopic (exact) mass is 268 g/mol. The lowest BCUT2D eigenvalue weighted by Crippen LogP contribution is -2.19. The van der Waals surface area contributed by atoms with Crippen LogP contribution >= 0.6 is 0 Å². The van der Waals surface area contributed by atoms with Gasteiger partial charge in [-0.1, -0.05) is 6.07 Å². The van der Waals surface area contributed by atoms with E-state index in [9.17, 15) is 9.18 Å². The number of hydrogen-bond acceptors (Lipinski definition) is 2. The molecule has 0 spiro atoms. The van der Waals surface area contributed by atoms with E-state index in [0.29, 0.717) is 17.4 Å². The molecule has 0 saturated heterocycles. The van der Waals surface area contributed by atoms with Gasteiger partial charge in [0.05, 0.1) is 12.1 Å². The minimum absolute atomic E-state index is 0.0709. The first-order valence-electron chi connectivity index (χ1n) is 6.34. The lowest BCUT2D eigenvalue weighted by Gasteiger charge is -2.09. The molecule has 0 atom stereocenters. The minimum Gasteiger partial charge on any atom is -0.311 e. The van der Waals surface area contributed by atoms with Crippen LogP contribution in [0.15, 0.2) is 53.6 Å². The molecule has 0 radical (unpaired) electrons. The van der Waals surface area contributed by atoms with E-state index in [0.717, 1.165) is 11.1 Å². The number of aryl methyl sites for hydroxylation is 1. The van der Waals surface area contributed by atoms with Crippen LogP contribution in [0.3, 0.4) is 0 Å². The van der Waals surface area contributed by atoms with Crippen LogP contribution in [0.2, 0.25) is 0 Å². The van der Waals surface area contributed by atoms with Crippen molar-refractivity contribution in [3.63, 3.8) is 0 Å². The molecule has 0 amide bonds. The van der Waals surface area contributed by atoms with E-state index in [-0.39, 0.29) is 11.4 Å². The fraction of sp³-hybridized carbons (Fsp3) is 0.125. The van der Waals surface area contributed by atoms with Gasteiger partial charge in [-0.05, 0) is 42.3 Å². The first-order valence-corrected chi connectivity index (χ1v) is 6.34. The van der Waals surface area contributed by atoms with E-state index >= 15 is 0 Å². The maximum Gasteiger partial charge on any atom is 0.251 e. The Morgan fingerprint density at radius 1 is 1.25 bits per heavy atom. The highest BCUT2D eigenvalue weighted by molar-refractivity contribution is 5.82. The third-order valence-corrected chi connectivity index (χ3v) is 3.29. The molecule has 2 heterocycles. The molecular weight excluding hydrogens is 255 g/mol. The zero-order valence-electron chi connectivity index (χ0n) is 11.0. The molecule has 0 fully saturated rings. The van der Waals surface area contributed by atoms with Crippen molar-refractivity contribution in [3.8, 4) is 0 Å². The fourth-order valence-electron chi connectivity index (χ4n) is 2.24. The number of pyridine rings is 2. The number of nitrogens with zero attached hydrogens (tertiary/aromatic N) is 2. The van der Waals surface area contributed by atoms with Gasteiger partial charge in [0.2, 0.25) is 0 Å². The van der Waals surface area contributed by atoms with Crippen molar-refractivity contribution in [1.82, 2.24) is 9.55 Å². The van der Waals surface area contributed by atoms with Crippen molar-refractivity contribution in [2.45, 2.75) is 13.5 Å². The molecule has 3 rings (SSSR count). The second-order valence-corrected chi connectivity index (χ2v) is 4.78. The third kappa shape index (κ3) is 2.20. The van der Waals surface area contributed by atoms with Gasteiger partial charge < -0.3 is 4.57 Å². The largest absolute Gasteiger partial charge is 0.311 e. The molecular formula is C16H13FN2O. The van der Waals surface area contributed by atoms with Crippen molar-refractivity contribution in [2.75, 3.05) is 0 Å². The van der Waals surface area contributed by atoms with Crippen LogP contribution in [0.25, 0.3) is 10.9 Å². The van der Waals surface area contributed by atoms with E-state index in [1.807, 2.05) is 13.0 Å². The topological polar surface area (TPSA) is 34.9 Å². The SMILES string of the molecule is Cc1ccn(Cc2ccc(F)c3cccnc23)c(=O)c1. The smallest absolute Gasteiger partial charge is 0.251 e. The highest BCUT2D eigenvalue weighted by atomic mass is 19.1. The van der Waals surface area contributed by atoms with Crippen LogP contribution < -0.4 is 5.56 Å². The van der Waals surface area contributed by atoms with E-state index in [1.54, 1.807) is 41.2 Å². The predicted molar refractivity (Wildman–Crippen MR) is 76.2 cm³/mol. The molecule has 0 aliphatic heterocycles. The van der Waals surface area contributed by atoms with Crippen molar-refractivity contribution < 1.29 is 4.39 Å². The van der Waals surface area contributed by atoms with E-state index in [4.69, 9.17) is 0 Å².